The van der Waals surface area contributed by atoms with E-state index in [1.165, 1.54) is 5.56 Å². The minimum Gasteiger partial charge on any atom is -0.508 e. The fourth-order valence-corrected chi connectivity index (χ4v) is 2.44. The normalized spacial score (nSPS) is 12.4. The summed E-state index contributed by atoms with van der Waals surface area (Å²) in [5, 5.41) is 17.8. The Balaban J connectivity index is 2.13. The average molecular weight is 289 g/mol. The van der Waals surface area contributed by atoms with Gasteiger partial charge >= 0.3 is 0 Å². The van der Waals surface area contributed by atoms with Gasteiger partial charge < -0.3 is 15.2 Å². The Morgan fingerprint density at radius 1 is 1.38 bits per heavy atom. The number of aryl methyl sites for hydroxylation is 2. The predicted octanol–water partition coefficient (Wildman–Crippen LogP) is 2.60. The molecule has 2 N–H and O–H groups in total. The summed E-state index contributed by atoms with van der Waals surface area (Å²) in [7, 11) is 3.57. The maximum absolute atomic E-state index is 10.00. The van der Waals surface area contributed by atoms with Gasteiger partial charge in [0.1, 0.15) is 11.5 Å². The van der Waals surface area contributed by atoms with Crippen molar-refractivity contribution in [1.29, 1.82) is 0 Å². The summed E-state index contributed by atoms with van der Waals surface area (Å²) in [6, 6.07) is 5.28. The molecule has 0 bridgehead atoms. The number of benzene rings is 1. The van der Waals surface area contributed by atoms with Crippen molar-refractivity contribution in [3.63, 3.8) is 0 Å². The quantitative estimate of drug-likeness (QED) is 0.888. The molecule has 0 aliphatic heterocycles. The second-order valence-corrected chi connectivity index (χ2v) is 5.30. The average Bonchev–Trinajstić information content (AvgIpc) is 2.70. The minimum absolute atomic E-state index is 0.0131. The first kappa shape index (κ1) is 15.4. The van der Waals surface area contributed by atoms with Crippen molar-refractivity contribution in [2.45, 2.75) is 33.4 Å². The molecule has 1 aromatic heterocycles. The van der Waals surface area contributed by atoms with Crippen molar-refractivity contribution >= 4 is 0 Å². The molecule has 0 radical (unpaired) electrons. The van der Waals surface area contributed by atoms with E-state index in [4.69, 9.17) is 4.74 Å². The molecule has 2 rings (SSSR count). The molecular weight excluding hydrogens is 266 g/mol. The maximum Gasteiger partial charge on any atom is 0.120 e. The number of phenols is 1. The molecule has 1 heterocycles. The lowest BCUT2D eigenvalue weighted by Crippen LogP contribution is -2.19. The first-order valence-electron chi connectivity index (χ1n) is 7.03. The fourth-order valence-electron chi connectivity index (χ4n) is 2.44. The van der Waals surface area contributed by atoms with E-state index in [-0.39, 0.29) is 11.8 Å². The summed E-state index contributed by atoms with van der Waals surface area (Å²) in [5.74, 6) is 1.01. The highest BCUT2D eigenvalue weighted by Crippen LogP contribution is 2.28. The number of hydrogen-bond donors (Lipinski definition) is 2. The molecule has 0 aliphatic rings. The van der Waals surface area contributed by atoms with E-state index in [1.54, 1.807) is 19.2 Å². The van der Waals surface area contributed by atoms with Crippen molar-refractivity contribution < 1.29 is 9.84 Å². The molecule has 0 spiro atoms. The van der Waals surface area contributed by atoms with Gasteiger partial charge in [-0.2, -0.15) is 5.10 Å². The van der Waals surface area contributed by atoms with Crippen molar-refractivity contribution in [3.05, 3.63) is 40.7 Å². The standard InChI is InChI=1S/C16H23N3O2/c1-10(14-8-13(21-5)6-7-16(14)20)17-9-15-11(2)18-19(4)12(15)3/h6-8,10,17,20H,9H2,1-5H3. The van der Waals surface area contributed by atoms with Gasteiger partial charge in [-0.05, 0) is 39.0 Å². The molecule has 2 aromatic rings. The van der Waals surface area contributed by atoms with E-state index in [0.717, 1.165) is 22.7 Å². The monoisotopic (exact) mass is 289 g/mol. The Morgan fingerprint density at radius 2 is 2.10 bits per heavy atom. The van der Waals surface area contributed by atoms with Gasteiger partial charge in [-0.25, -0.2) is 0 Å². The Kier molecular flexibility index (Phi) is 4.53. The molecular formula is C16H23N3O2. The SMILES string of the molecule is COc1ccc(O)c(C(C)NCc2c(C)nn(C)c2C)c1. The molecule has 21 heavy (non-hydrogen) atoms. The molecule has 1 unspecified atom stereocenters. The largest absolute Gasteiger partial charge is 0.508 e. The summed E-state index contributed by atoms with van der Waals surface area (Å²) >= 11 is 0. The number of methoxy groups -OCH3 is 1. The topological polar surface area (TPSA) is 59.3 Å². The van der Waals surface area contributed by atoms with Crippen molar-refractivity contribution in [3.8, 4) is 11.5 Å². The Morgan fingerprint density at radius 3 is 2.67 bits per heavy atom. The second-order valence-electron chi connectivity index (χ2n) is 5.30. The molecule has 1 atom stereocenters. The zero-order valence-electron chi connectivity index (χ0n) is 13.3. The lowest BCUT2D eigenvalue weighted by molar-refractivity contribution is 0.407. The third kappa shape index (κ3) is 3.19. The summed E-state index contributed by atoms with van der Waals surface area (Å²) in [4.78, 5) is 0. The van der Waals surface area contributed by atoms with Crippen molar-refractivity contribution in [1.82, 2.24) is 15.1 Å². The molecule has 0 aliphatic carbocycles. The number of nitrogens with one attached hydrogen (secondary N) is 1. The number of aromatic nitrogens is 2. The third-order valence-corrected chi connectivity index (χ3v) is 3.95. The van der Waals surface area contributed by atoms with Crippen LogP contribution < -0.4 is 10.1 Å². The highest BCUT2D eigenvalue weighted by Gasteiger charge is 2.14. The van der Waals surface area contributed by atoms with Crippen molar-refractivity contribution in [2.75, 3.05) is 7.11 Å². The molecule has 0 saturated carbocycles. The number of nitrogens with zero attached hydrogens (tertiary/aromatic N) is 2. The highest BCUT2D eigenvalue weighted by molar-refractivity contribution is 5.41. The van der Waals surface area contributed by atoms with Crippen LogP contribution >= 0.6 is 0 Å². The lowest BCUT2D eigenvalue weighted by Gasteiger charge is -2.16. The van der Waals surface area contributed by atoms with E-state index >= 15 is 0 Å². The number of aromatic hydroxyl groups is 1. The van der Waals surface area contributed by atoms with Crippen LogP contribution in [-0.4, -0.2) is 22.0 Å². The van der Waals surface area contributed by atoms with E-state index in [9.17, 15) is 5.11 Å². The number of rotatable bonds is 5. The van der Waals surface area contributed by atoms with Gasteiger partial charge in [0.25, 0.3) is 0 Å². The molecule has 5 nitrogen and oxygen atoms in total. The second kappa shape index (κ2) is 6.18. The van der Waals surface area contributed by atoms with E-state index in [1.807, 2.05) is 31.6 Å². The molecule has 1 aromatic carbocycles. The zero-order valence-corrected chi connectivity index (χ0v) is 13.3. The van der Waals surface area contributed by atoms with Gasteiger partial charge in [-0.1, -0.05) is 0 Å². The van der Waals surface area contributed by atoms with E-state index in [0.29, 0.717) is 6.54 Å². The van der Waals surface area contributed by atoms with Crippen LogP contribution in [0.5, 0.6) is 11.5 Å². The fraction of sp³-hybridized carbons (Fsp3) is 0.438. The van der Waals surface area contributed by atoms with Gasteiger partial charge in [0.05, 0.1) is 12.8 Å². The first-order valence-corrected chi connectivity index (χ1v) is 7.03. The molecule has 0 amide bonds. The van der Waals surface area contributed by atoms with Crippen LogP contribution in [0.15, 0.2) is 18.2 Å². The number of phenolic OH excluding ortho intramolecular Hbond substituents is 1. The van der Waals surface area contributed by atoms with Gasteiger partial charge in [0.15, 0.2) is 0 Å². The van der Waals surface area contributed by atoms with Crippen LogP contribution in [0, 0.1) is 13.8 Å². The van der Waals surface area contributed by atoms with Gasteiger partial charge in [0, 0.05) is 36.5 Å². The first-order chi connectivity index (χ1) is 9.93. The summed E-state index contributed by atoms with van der Waals surface area (Å²) in [5.41, 5.74) is 4.21. The Hall–Kier alpha value is -2.01. The smallest absolute Gasteiger partial charge is 0.120 e. The Bertz CT molecular complexity index is 635. The van der Waals surface area contributed by atoms with Crippen LogP contribution in [0.1, 0.15) is 35.5 Å². The summed E-state index contributed by atoms with van der Waals surface area (Å²) in [6.07, 6.45) is 0. The highest BCUT2D eigenvalue weighted by atomic mass is 16.5. The van der Waals surface area contributed by atoms with Crippen LogP contribution in [0.2, 0.25) is 0 Å². The molecule has 0 fully saturated rings. The van der Waals surface area contributed by atoms with Crippen LogP contribution in [0.3, 0.4) is 0 Å². The zero-order chi connectivity index (χ0) is 15.6. The third-order valence-electron chi connectivity index (χ3n) is 3.95. The summed E-state index contributed by atoms with van der Waals surface area (Å²) in [6.45, 7) is 6.81. The van der Waals surface area contributed by atoms with Crippen LogP contribution in [0.4, 0.5) is 0 Å². The molecule has 0 saturated heterocycles. The Labute approximate surface area is 125 Å². The van der Waals surface area contributed by atoms with Crippen LogP contribution in [0.25, 0.3) is 0 Å². The molecule has 5 heteroatoms. The predicted molar refractivity (Wildman–Crippen MR) is 82.6 cm³/mol. The van der Waals surface area contributed by atoms with E-state index < -0.39 is 0 Å². The number of ether oxygens (including phenoxy) is 1. The van der Waals surface area contributed by atoms with Crippen LogP contribution in [-0.2, 0) is 13.6 Å². The number of hydrogen-bond acceptors (Lipinski definition) is 4. The van der Waals surface area contributed by atoms with E-state index in [2.05, 4.69) is 17.3 Å². The van der Waals surface area contributed by atoms with Gasteiger partial charge in [0.2, 0.25) is 0 Å². The molecule has 114 valence electrons. The minimum atomic E-state index is 0.0131. The maximum atomic E-state index is 10.00. The summed E-state index contributed by atoms with van der Waals surface area (Å²) < 4.78 is 7.10. The van der Waals surface area contributed by atoms with Gasteiger partial charge in [-0.15, -0.1) is 0 Å². The van der Waals surface area contributed by atoms with Gasteiger partial charge in [-0.3, -0.25) is 4.68 Å². The van der Waals surface area contributed by atoms with Crippen molar-refractivity contribution in [2.24, 2.45) is 7.05 Å². The lowest BCUT2D eigenvalue weighted by atomic mass is 10.1.